The van der Waals surface area contributed by atoms with Gasteiger partial charge in [-0.3, -0.25) is 0 Å². The van der Waals surface area contributed by atoms with Gasteiger partial charge in [0, 0.05) is 9.99 Å². The Morgan fingerprint density at radius 2 is 1.94 bits per heavy atom. The van der Waals surface area contributed by atoms with Crippen LogP contribution in [0.4, 0.5) is 4.39 Å². The molecular weight excluding hydrogens is 330 g/mol. The standard InChI is InChI=1S/C14H18FIO/c15-13-9-5-4-8-12(13)14(10-16)17-11-6-2-1-3-7-11/h4-5,8-9,11,14H,1-3,6-7,10H2. The van der Waals surface area contributed by atoms with E-state index in [2.05, 4.69) is 22.6 Å². The average Bonchev–Trinajstić information content (AvgIpc) is 2.38. The maximum Gasteiger partial charge on any atom is 0.129 e. The van der Waals surface area contributed by atoms with Crippen molar-refractivity contribution < 1.29 is 9.13 Å². The molecule has 1 aliphatic rings. The van der Waals surface area contributed by atoms with Crippen LogP contribution in [-0.2, 0) is 4.74 Å². The molecule has 2 rings (SSSR count). The fourth-order valence-corrected chi connectivity index (χ4v) is 3.04. The van der Waals surface area contributed by atoms with Crippen molar-refractivity contribution >= 4 is 22.6 Å². The fourth-order valence-electron chi connectivity index (χ4n) is 2.36. The first-order valence-corrected chi connectivity index (χ1v) is 7.79. The summed E-state index contributed by atoms with van der Waals surface area (Å²) in [5, 5.41) is 0. The second-order valence-corrected chi connectivity index (χ2v) is 5.44. The third-order valence-electron chi connectivity index (χ3n) is 3.30. The summed E-state index contributed by atoms with van der Waals surface area (Å²) in [6, 6.07) is 6.95. The van der Waals surface area contributed by atoms with E-state index in [-0.39, 0.29) is 11.9 Å². The molecule has 17 heavy (non-hydrogen) atoms. The predicted octanol–water partition coefficient (Wildman–Crippen LogP) is 4.65. The lowest BCUT2D eigenvalue weighted by molar-refractivity contribution is -0.0199. The first-order valence-electron chi connectivity index (χ1n) is 6.27. The van der Waals surface area contributed by atoms with Gasteiger partial charge in [0.25, 0.3) is 0 Å². The van der Waals surface area contributed by atoms with Crippen LogP contribution in [0.2, 0.25) is 0 Å². The number of hydrogen-bond donors (Lipinski definition) is 0. The van der Waals surface area contributed by atoms with Crippen LogP contribution >= 0.6 is 22.6 Å². The zero-order chi connectivity index (χ0) is 12.1. The van der Waals surface area contributed by atoms with Gasteiger partial charge in [-0.25, -0.2) is 4.39 Å². The van der Waals surface area contributed by atoms with E-state index in [1.807, 2.05) is 12.1 Å². The largest absolute Gasteiger partial charge is 0.369 e. The third-order valence-corrected chi connectivity index (χ3v) is 4.10. The fraction of sp³-hybridized carbons (Fsp3) is 0.571. The molecule has 1 atom stereocenters. The molecule has 1 nitrogen and oxygen atoms in total. The zero-order valence-electron chi connectivity index (χ0n) is 9.87. The van der Waals surface area contributed by atoms with Crippen molar-refractivity contribution in [3.05, 3.63) is 35.6 Å². The second kappa shape index (κ2) is 6.69. The Balaban J connectivity index is 2.03. The van der Waals surface area contributed by atoms with Crippen LogP contribution in [0.15, 0.2) is 24.3 Å². The van der Waals surface area contributed by atoms with Crippen molar-refractivity contribution in [1.82, 2.24) is 0 Å². The molecule has 1 unspecified atom stereocenters. The minimum atomic E-state index is -0.148. The monoisotopic (exact) mass is 348 g/mol. The molecule has 1 aromatic carbocycles. The molecule has 0 amide bonds. The van der Waals surface area contributed by atoms with Gasteiger partial charge < -0.3 is 4.74 Å². The second-order valence-electron chi connectivity index (χ2n) is 4.56. The quantitative estimate of drug-likeness (QED) is 0.569. The molecule has 0 aliphatic heterocycles. The van der Waals surface area contributed by atoms with E-state index in [0.29, 0.717) is 11.7 Å². The zero-order valence-corrected chi connectivity index (χ0v) is 12.0. The molecule has 0 N–H and O–H groups in total. The van der Waals surface area contributed by atoms with Gasteiger partial charge in [-0.05, 0) is 18.9 Å². The van der Waals surface area contributed by atoms with Gasteiger partial charge in [-0.15, -0.1) is 0 Å². The topological polar surface area (TPSA) is 9.23 Å². The highest BCUT2D eigenvalue weighted by atomic mass is 127. The van der Waals surface area contributed by atoms with Crippen molar-refractivity contribution in [3.63, 3.8) is 0 Å². The Labute approximate surface area is 116 Å². The van der Waals surface area contributed by atoms with Crippen molar-refractivity contribution in [2.75, 3.05) is 4.43 Å². The maximum absolute atomic E-state index is 13.7. The first kappa shape index (κ1) is 13.3. The number of benzene rings is 1. The van der Waals surface area contributed by atoms with Gasteiger partial charge in [0.1, 0.15) is 5.82 Å². The summed E-state index contributed by atoms with van der Waals surface area (Å²) in [5.74, 6) is -0.148. The average molecular weight is 348 g/mol. The number of alkyl halides is 1. The molecule has 0 saturated heterocycles. The molecule has 0 radical (unpaired) electrons. The van der Waals surface area contributed by atoms with Crippen molar-refractivity contribution in [3.8, 4) is 0 Å². The van der Waals surface area contributed by atoms with Crippen molar-refractivity contribution in [2.45, 2.75) is 44.3 Å². The van der Waals surface area contributed by atoms with E-state index >= 15 is 0 Å². The highest BCUT2D eigenvalue weighted by Gasteiger charge is 2.21. The normalized spacial score (nSPS) is 19.2. The van der Waals surface area contributed by atoms with Gasteiger partial charge >= 0.3 is 0 Å². The molecule has 1 aromatic rings. The SMILES string of the molecule is Fc1ccccc1C(CI)OC1CCCCC1. The summed E-state index contributed by atoms with van der Waals surface area (Å²) >= 11 is 2.27. The first-order chi connectivity index (χ1) is 8.31. The molecule has 1 saturated carbocycles. The summed E-state index contributed by atoms with van der Waals surface area (Å²) < 4.78 is 20.6. The molecule has 0 spiro atoms. The van der Waals surface area contributed by atoms with E-state index < -0.39 is 0 Å². The lowest BCUT2D eigenvalue weighted by atomic mass is 9.97. The Hall–Kier alpha value is -0.160. The van der Waals surface area contributed by atoms with Crippen LogP contribution < -0.4 is 0 Å². The van der Waals surface area contributed by atoms with E-state index in [0.717, 1.165) is 17.3 Å². The van der Waals surface area contributed by atoms with E-state index in [1.54, 1.807) is 6.07 Å². The number of ether oxygens (including phenoxy) is 1. The van der Waals surface area contributed by atoms with Gasteiger partial charge in [-0.1, -0.05) is 60.1 Å². The summed E-state index contributed by atoms with van der Waals surface area (Å²) in [4.78, 5) is 0. The van der Waals surface area contributed by atoms with Crippen LogP contribution in [-0.4, -0.2) is 10.5 Å². The maximum atomic E-state index is 13.7. The Kier molecular flexibility index (Phi) is 5.22. The van der Waals surface area contributed by atoms with Crippen molar-refractivity contribution in [2.24, 2.45) is 0 Å². The molecular formula is C14H18FIO. The van der Waals surface area contributed by atoms with Crippen LogP contribution in [0.25, 0.3) is 0 Å². The molecule has 94 valence electrons. The Morgan fingerprint density at radius 3 is 2.59 bits per heavy atom. The summed E-state index contributed by atoms with van der Waals surface area (Å²) in [7, 11) is 0. The number of halogens is 2. The molecule has 1 fully saturated rings. The summed E-state index contributed by atoms with van der Waals surface area (Å²) in [6.07, 6.45) is 6.28. The van der Waals surface area contributed by atoms with Gasteiger partial charge in [0.2, 0.25) is 0 Å². The number of rotatable bonds is 4. The molecule has 1 aliphatic carbocycles. The smallest absolute Gasteiger partial charge is 0.129 e. The molecule has 0 bridgehead atoms. The van der Waals surface area contributed by atoms with E-state index in [4.69, 9.17) is 4.74 Å². The van der Waals surface area contributed by atoms with Crippen molar-refractivity contribution in [1.29, 1.82) is 0 Å². The lowest BCUT2D eigenvalue weighted by Gasteiger charge is -2.27. The van der Waals surface area contributed by atoms with Crippen LogP contribution in [0, 0.1) is 5.82 Å². The molecule has 0 heterocycles. The minimum absolute atomic E-state index is 0.0973. The van der Waals surface area contributed by atoms with E-state index in [1.165, 1.54) is 25.3 Å². The molecule has 3 heteroatoms. The van der Waals surface area contributed by atoms with Crippen LogP contribution in [0.1, 0.15) is 43.8 Å². The highest BCUT2D eigenvalue weighted by Crippen LogP contribution is 2.29. The Morgan fingerprint density at radius 1 is 1.24 bits per heavy atom. The highest BCUT2D eigenvalue weighted by molar-refractivity contribution is 14.1. The molecule has 0 aromatic heterocycles. The van der Waals surface area contributed by atoms with E-state index in [9.17, 15) is 4.39 Å². The van der Waals surface area contributed by atoms with Gasteiger partial charge in [0.15, 0.2) is 0 Å². The summed E-state index contributed by atoms with van der Waals surface area (Å²) in [5.41, 5.74) is 0.701. The number of hydrogen-bond acceptors (Lipinski definition) is 1. The van der Waals surface area contributed by atoms with Crippen LogP contribution in [0.3, 0.4) is 0 Å². The third kappa shape index (κ3) is 3.65. The van der Waals surface area contributed by atoms with Gasteiger partial charge in [0.05, 0.1) is 12.2 Å². The minimum Gasteiger partial charge on any atom is -0.369 e. The lowest BCUT2D eigenvalue weighted by Crippen LogP contribution is -2.21. The predicted molar refractivity (Wildman–Crippen MR) is 76.0 cm³/mol. The van der Waals surface area contributed by atoms with Crippen LogP contribution in [0.5, 0.6) is 0 Å². The summed E-state index contributed by atoms with van der Waals surface area (Å²) in [6.45, 7) is 0. The Bertz CT molecular complexity index is 350. The van der Waals surface area contributed by atoms with Gasteiger partial charge in [-0.2, -0.15) is 0 Å².